The Balaban J connectivity index is 1.46. The third-order valence-corrected chi connectivity index (χ3v) is 5.99. The van der Waals surface area contributed by atoms with E-state index in [2.05, 4.69) is 20.1 Å². The molecule has 0 spiro atoms. The summed E-state index contributed by atoms with van der Waals surface area (Å²) in [6, 6.07) is 5.03. The summed E-state index contributed by atoms with van der Waals surface area (Å²) >= 11 is 0. The Bertz CT molecular complexity index is 1570. The van der Waals surface area contributed by atoms with Crippen molar-refractivity contribution in [2.24, 2.45) is 7.05 Å². The van der Waals surface area contributed by atoms with Crippen molar-refractivity contribution in [2.45, 2.75) is 18.9 Å². The summed E-state index contributed by atoms with van der Waals surface area (Å²) in [6.45, 7) is 0.157. The number of oxazole rings is 1. The molecule has 0 unspecified atom stereocenters. The average Bonchev–Trinajstić information content (AvgIpc) is 3.62. The van der Waals surface area contributed by atoms with Crippen LogP contribution in [0, 0.1) is 5.82 Å². The van der Waals surface area contributed by atoms with E-state index in [1.807, 2.05) is 0 Å². The van der Waals surface area contributed by atoms with Gasteiger partial charge in [0, 0.05) is 31.9 Å². The highest BCUT2D eigenvalue weighted by Crippen LogP contribution is 2.39. The Labute approximate surface area is 195 Å². The zero-order valence-electron chi connectivity index (χ0n) is 18.2. The lowest BCUT2D eigenvalue weighted by Gasteiger charge is -2.33. The molecular formula is C23H17F3N6O3. The van der Waals surface area contributed by atoms with E-state index in [1.165, 1.54) is 46.5 Å². The third kappa shape index (κ3) is 3.40. The average molecular weight is 482 g/mol. The zero-order chi connectivity index (χ0) is 24.3. The van der Waals surface area contributed by atoms with E-state index < -0.39 is 35.6 Å². The predicted molar refractivity (Wildman–Crippen MR) is 115 cm³/mol. The molecule has 178 valence electrons. The number of alkyl halides is 2. The van der Waals surface area contributed by atoms with Gasteiger partial charge in [0.15, 0.2) is 5.69 Å². The predicted octanol–water partition coefficient (Wildman–Crippen LogP) is 4.41. The molecule has 1 aliphatic heterocycles. The number of imidazole rings is 1. The van der Waals surface area contributed by atoms with Gasteiger partial charge in [-0.1, -0.05) is 6.07 Å². The summed E-state index contributed by atoms with van der Waals surface area (Å²) in [5.74, 6) is -1.76. The van der Waals surface area contributed by atoms with Crippen molar-refractivity contribution in [1.29, 1.82) is 0 Å². The van der Waals surface area contributed by atoms with Crippen molar-refractivity contribution in [2.75, 3.05) is 6.54 Å². The summed E-state index contributed by atoms with van der Waals surface area (Å²) in [5.41, 5.74) is 1.13. The van der Waals surface area contributed by atoms with Gasteiger partial charge in [-0.2, -0.15) is 5.10 Å². The second-order valence-electron chi connectivity index (χ2n) is 8.15. The van der Waals surface area contributed by atoms with Gasteiger partial charge in [-0.05, 0) is 18.2 Å². The van der Waals surface area contributed by atoms with Gasteiger partial charge in [-0.25, -0.2) is 23.1 Å². The number of fused-ring (bicyclic) bond motifs is 2. The second-order valence-corrected chi connectivity index (χ2v) is 8.15. The Kier molecular flexibility index (Phi) is 4.76. The highest BCUT2D eigenvalue weighted by molar-refractivity contribution is 5.94. The van der Waals surface area contributed by atoms with Crippen molar-refractivity contribution >= 4 is 16.9 Å². The molecule has 0 aliphatic carbocycles. The number of furan rings is 1. The molecule has 0 bridgehead atoms. The van der Waals surface area contributed by atoms with Gasteiger partial charge in [0.2, 0.25) is 11.7 Å². The fourth-order valence-electron chi connectivity index (χ4n) is 4.38. The summed E-state index contributed by atoms with van der Waals surface area (Å²) in [5, 5.41) is 4.23. The largest absolute Gasteiger partial charge is 0.458 e. The van der Waals surface area contributed by atoms with Gasteiger partial charge in [0.1, 0.15) is 23.2 Å². The van der Waals surface area contributed by atoms with Crippen LogP contribution in [0.1, 0.15) is 45.9 Å². The van der Waals surface area contributed by atoms with E-state index in [0.717, 1.165) is 5.69 Å². The molecule has 0 fully saturated rings. The first kappa shape index (κ1) is 21.2. The number of halogens is 3. The van der Waals surface area contributed by atoms with Crippen LogP contribution in [0.2, 0.25) is 0 Å². The number of nitrogens with zero attached hydrogens (tertiary/aromatic N) is 5. The van der Waals surface area contributed by atoms with Gasteiger partial charge < -0.3 is 18.7 Å². The Morgan fingerprint density at radius 1 is 1.29 bits per heavy atom. The molecule has 1 aliphatic rings. The highest BCUT2D eigenvalue weighted by Gasteiger charge is 2.40. The van der Waals surface area contributed by atoms with E-state index in [0.29, 0.717) is 23.3 Å². The van der Waals surface area contributed by atoms with E-state index >= 15 is 0 Å². The number of aromatic amines is 1. The van der Waals surface area contributed by atoms with Gasteiger partial charge in [-0.15, -0.1) is 0 Å². The molecule has 4 aromatic heterocycles. The number of carbonyl (C=O) groups is 1. The minimum atomic E-state index is -3.05. The molecular weight excluding hydrogens is 465 g/mol. The monoisotopic (exact) mass is 482 g/mol. The van der Waals surface area contributed by atoms with Crippen LogP contribution in [-0.2, 0) is 13.5 Å². The third-order valence-electron chi connectivity index (χ3n) is 5.99. The molecule has 1 aromatic carbocycles. The van der Waals surface area contributed by atoms with Crippen LogP contribution in [0.25, 0.3) is 22.4 Å². The van der Waals surface area contributed by atoms with Gasteiger partial charge in [0.25, 0.3) is 12.3 Å². The van der Waals surface area contributed by atoms with Crippen LogP contribution < -0.4 is 0 Å². The molecule has 5 aromatic rings. The minimum Gasteiger partial charge on any atom is -0.458 e. The number of amides is 1. The van der Waals surface area contributed by atoms with Crippen LogP contribution in [0.5, 0.6) is 0 Å². The minimum absolute atomic E-state index is 0.142. The molecule has 0 saturated carbocycles. The molecule has 9 nitrogen and oxygen atoms in total. The number of rotatable bonds is 4. The topological polar surface area (TPSA) is 106 Å². The molecule has 0 saturated heterocycles. The fourth-order valence-corrected chi connectivity index (χ4v) is 4.38. The number of carbonyl (C=O) groups excluding carboxylic acids is 1. The lowest BCUT2D eigenvalue weighted by atomic mass is 9.99. The Morgan fingerprint density at radius 3 is 2.89 bits per heavy atom. The van der Waals surface area contributed by atoms with Crippen molar-refractivity contribution in [3.05, 3.63) is 77.4 Å². The molecule has 1 N–H and O–H groups in total. The smallest absolute Gasteiger partial charge is 0.292 e. The lowest BCUT2D eigenvalue weighted by Crippen LogP contribution is -2.40. The Hall–Kier alpha value is -4.35. The number of aryl methyl sites for hydroxylation is 1. The first-order valence-corrected chi connectivity index (χ1v) is 10.7. The van der Waals surface area contributed by atoms with Crippen LogP contribution >= 0.6 is 0 Å². The van der Waals surface area contributed by atoms with Crippen LogP contribution in [0.4, 0.5) is 13.2 Å². The SMILES string of the molecule is Cn1cc(-c2nc(C(F)F)c(C(=O)N3CCc4[nH]cnc4[C@H]3c3cc4c(F)cccc4o3)o2)cn1. The first-order valence-electron chi connectivity index (χ1n) is 10.7. The molecule has 12 heteroatoms. The van der Waals surface area contributed by atoms with Crippen molar-refractivity contribution in [3.63, 3.8) is 0 Å². The van der Waals surface area contributed by atoms with Gasteiger partial charge >= 0.3 is 0 Å². The number of H-pyrrole nitrogens is 1. The maximum atomic E-state index is 14.4. The summed E-state index contributed by atoms with van der Waals surface area (Å²) in [7, 11) is 1.66. The zero-order valence-corrected chi connectivity index (χ0v) is 18.2. The van der Waals surface area contributed by atoms with Crippen molar-refractivity contribution < 1.29 is 26.8 Å². The molecule has 0 radical (unpaired) electrons. The molecule has 1 atom stereocenters. The maximum Gasteiger partial charge on any atom is 0.292 e. The van der Waals surface area contributed by atoms with E-state index in [4.69, 9.17) is 8.83 Å². The quantitative estimate of drug-likeness (QED) is 0.407. The fraction of sp³-hybridized carbons (Fsp3) is 0.217. The van der Waals surface area contributed by atoms with Crippen molar-refractivity contribution in [1.82, 2.24) is 29.6 Å². The molecule has 1 amide bonds. The number of hydrogen-bond acceptors (Lipinski definition) is 6. The van der Waals surface area contributed by atoms with Crippen molar-refractivity contribution in [3.8, 4) is 11.5 Å². The van der Waals surface area contributed by atoms with Gasteiger partial charge in [0.05, 0.1) is 29.2 Å². The highest BCUT2D eigenvalue weighted by atomic mass is 19.3. The summed E-state index contributed by atoms with van der Waals surface area (Å²) < 4.78 is 55.1. The second kappa shape index (κ2) is 7.86. The number of nitrogens with one attached hydrogen (secondary N) is 1. The normalized spacial score (nSPS) is 15.8. The summed E-state index contributed by atoms with van der Waals surface area (Å²) in [4.78, 5) is 26.2. The molecule has 5 heterocycles. The first-order chi connectivity index (χ1) is 16.9. The van der Waals surface area contributed by atoms with Crippen LogP contribution in [0.3, 0.4) is 0 Å². The van der Waals surface area contributed by atoms with E-state index in [-0.39, 0.29) is 23.6 Å². The number of hydrogen-bond donors (Lipinski definition) is 1. The maximum absolute atomic E-state index is 14.4. The number of benzene rings is 1. The van der Waals surface area contributed by atoms with Crippen LogP contribution in [0.15, 0.2) is 51.8 Å². The lowest BCUT2D eigenvalue weighted by molar-refractivity contribution is 0.0626. The standard InChI is InChI=1S/C23H17F3N6O3/c1-31-9-11(8-29-31)22-30-18(21(25)26)20(35-22)23(33)32-6-5-14-17(28-10-27-14)19(32)16-7-12-13(24)3-2-4-15(12)34-16/h2-4,7-10,19,21H,5-6H2,1H3,(H,27,28)/t19-/m1/s1. The summed E-state index contributed by atoms with van der Waals surface area (Å²) in [6.07, 6.45) is 1.78. The molecule has 35 heavy (non-hydrogen) atoms. The number of aromatic nitrogens is 5. The van der Waals surface area contributed by atoms with E-state index in [1.54, 1.807) is 13.1 Å². The van der Waals surface area contributed by atoms with Gasteiger partial charge in [-0.3, -0.25) is 9.48 Å². The van der Waals surface area contributed by atoms with E-state index in [9.17, 15) is 18.0 Å². The Morgan fingerprint density at radius 2 is 2.14 bits per heavy atom. The molecule has 6 rings (SSSR count). The van der Waals surface area contributed by atoms with Crippen LogP contribution in [-0.4, -0.2) is 42.1 Å².